The Balaban J connectivity index is 1.60. The first-order chi connectivity index (χ1) is 7.20. The number of nitrogens with one attached hydrogen (secondary N) is 1. The number of rotatable bonds is 5. The van der Waals surface area contributed by atoms with E-state index in [1.165, 1.54) is 19.3 Å². The first kappa shape index (κ1) is 10.5. The zero-order valence-electron chi connectivity index (χ0n) is 8.74. The van der Waals surface area contributed by atoms with E-state index < -0.39 is 5.97 Å². The summed E-state index contributed by atoms with van der Waals surface area (Å²) in [6.07, 6.45) is 4.36. The molecule has 0 aromatic heterocycles. The van der Waals surface area contributed by atoms with Gasteiger partial charge in [0.2, 0.25) is 5.91 Å². The lowest BCUT2D eigenvalue weighted by molar-refractivity contribution is -0.137. The third-order valence-corrected chi connectivity index (χ3v) is 3.58. The number of aliphatic carboxylic acids is 1. The SMILES string of the molecule is O=C(O)CCCNC(=O)C1[C@H]2CCC[C@H]12. The van der Waals surface area contributed by atoms with E-state index in [0.29, 0.717) is 24.8 Å². The number of hydrogen-bond donors (Lipinski definition) is 2. The van der Waals surface area contributed by atoms with E-state index in [1.807, 2.05) is 0 Å². The minimum absolute atomic E-state index is 0.137. The molecule has 2 saturated carbocycles. The first-order valence-corrected chi connectivity index (χ1v) is 5.69. The van der Waals surface area contributed by atoms with E-state index in [1.54, 1.807) is 0 Å². The second-order valence-corrected chi connectivity index (χ2v) is 4.57. The number of amides is 1. The summed E-state index contributed by atoms with van der Waals surface area (Å²) in [7, 11) is 0. The third-order valence-electron chi connectivity index (χ3n) is 3.58. The quantitative estimate of drug-likeness (QED) is 0.667. The normalized spacial score (nSPS) is 32.1. The highest BCUT2D eigenvalue weighted by molar-refractivity contribution is 5.82. The molecule has 2 fully saturated rings. The van der Waals surface area contributed by atoms with Gasteiger partial charge in [-0.1, -0.05) is 6.42 Å². The van der Waals surface area contributed by atoms with Crippen molar-refractivity contribution < 1.29 is 14.7 Å². The molecule has 2 N–H and O–H groups in total. The van der Waals surface area contributed by atoms with Crippen LogP contribution in [-0.4, -0.2) is 23.5 Å². The Morgan fingerprint density at radius 2 is 1.93 bits per heavy atom. The van der Waals surface area contributed by atoms with Crippen LogP contribution in [0.5, 0.6) is 0 Å². The van der Waals surface area contributed by atoms with Crippen molar-refractivity contribution >= 4 is 11.9 Å². The standard InChI is InChI=1S/C11H17NO3/c13-9(14)5-2-6-12-11(15)10-7-3-1-4-8(7)10/h7-8,10H,1-6H2,(H,12,15)(H,13,14)/t7-,8-/m0/s1. The Bertz CT molecular complexity index is 267. The summed E-state index contributed by atoms with van der Waals surface area (Å²) in [6, 6.07) is 0. The van der Waals surface area contributed by atoms with Crippen molar-refractivity contribution in [3.63, 3.8) is 0 Å². The molecule has 0 aliphatic heterocycles. The summed E-state index contributed by atoms with van der Waals surface area (Å²) >= 11 is 0. The van der Waals surface area contributed by atoms with Crippen LogP contribution in [0, 0.1) is 17.8 Å². The van der Waals surface area contributed by atoms with E-state index in [2.05, 4.69) is 5.32 Å². The Labute approximate surface area is 89.0 Å². The van der Waals surface area contributed by atoms with Crippen LogP contribution in [0.3, 0.4) is 0 Å². The zero-order chi connectivity index (χ0) is 10.8. The molecule has 2 rings (SSSR count). The fourth-order valence-electron chi connectivity index (χ4n) is 2.78. The van der Waals surface area contributed by atoms with Gasteiger partial charge in [-0.2, -0.15) is 0 Å². The second kappa shape index (κ2) is 4.21. The van der Waals surface area contributed by atoms with Crippen molar-refractivity contribution in [2.24, 2.45) is 17.8 Å². The van der Waals surface area contributed by atoms with Gasteiger partial charge in [0.1, 0.15) is 0 Å². The fraction of sp³-hybridized carbons (Fsp3) is 0.818. The number of fused-ring (bicyclic) bond motifs is 1. The molecule has 1 amide bonds. The zero-order valence-corrected chi connectivity index (χ0v) is 8.74. The maximum atomic E-state index is 11.6. The first-order valence-electron chi connectivity index (χ1n) is 5.69. The van der Waals surface area contributed by atoms with Crippen LogP contribution in [0.1, 0.15) is 32.1 Å². The van der Waals surface area contributed by atoms with Crippen molar-refractivity contribution in [1.82, 2.24) is 5.32 Å². The van der Waals surface area contributed by atoms with Crippen molar-refractivity contribution in [1.29, 1.82) is 0 Å². The summed E-state index contributed by atoms with van der Waals surface area (Å²) in [4.78, 5) is 21.8. The molecular weight excluding hydrogens is 194 g/mol. The molecule has 0 aromatic rings. The van der Waals surface area contributed by atoms with E-state index in [4.69, 9.17) is 5.11 Å². The molecule has 0 heterocycles. The molecule has 4 nitrogen and oxygen atoms in total. The molecule has 0 radical (unpaired) electrons. The molecule has 0 unspecified atom stereocenters. The average Bonchev–Trinajstić information content (AvgIpc) is 2.67. The predicted octanol–water partition coefficient (Wildman–Crippen LogP) is 1.01. The van der Waals surface area contributed by atoms with Crippen molar-refractivity contribution in [3.8, 4) is 0 Å². The number of carbonyl (C=O) groups is 2. The molecule has 0 saturated heterocycles. The summed E-state index contributed by atoms with van der Waals surface area (Å²) in [5.41, 5.74) is 0. The molecule has 2 aliphatic rings. The molecule has 84 valence electrons. The monoisotopic (exact) mass is 211 g/mol. The van der Waals surface area contributed by atoms with Gasteiger partial charge in [-0.05, 0) is 31.1 Å². The molecule has 2 aliphatic carbocycles. The highest BCUT2D eigenvalue weighted by Gasteiger charge is 2.56. The summed E-state index contributed by atoms with van der Waals surface area (Å²) in [5.74, 6) is 0.889. The smallest absolute Gasteiger partial charge is 0.303 e. The lowest BCUT2D eigenvalue weighted by Gasteiger charge is -2.05. The van der Waals surface area contributed by atoms with Gasteiger partial charge in [0.05, 0.1) is 0 Å². The predicted molar refractivity (Wildman–Crippen MR) is 54.2 cm³/mol. The Morgan fingerprint density at radius 3 is 2.53 bits per heavy atom. The van der Waals surface area contributed by atoms with Crippen LogP contribution in [0.2, 0.25) is 0 Å². The van der Waals surface area contributed by atoms with Crippen LogP contribution in [0.25, 0.3) is 0 Å². The topological polar surface area (TPSA) is 66.4 Å². The molecule has 4 heteroatoms. The maximum absolute atomic E-state index is 11.6. The summed E-state index contributed by atoms with van der Waals surface area (Å²) in [5, 5.41) is 11.2. The number of carboxylic acids is 1. The second-order valence-electron chi connectivity index (χ2n) is 4.57. The largest absolute Gasteiger partial charge is 0.481 e. The van der Waals surface area contributed by atoms with Crippen LogP contribution < -0.4 is 5.32 Å². The Hall–Kier alpha value is -1.06. The lowest BCUT2D eigenvalue weighted by atomic mass is 10.1. The van der Waals surface area contributed by atoms with Crippen LogP contribution in [0.4, 0.5) is 0 Å². The van der Waals surface area contributed by atoms with E-state index in [9.17, 15) is 9.59 Å². The van der Waals surface area contributed by atoms with Gasteiger partial charge in [0, 0.05) is 18.9 Å². The fourth-order valence-corrected chi connectivity index (χ4v) is 2.78. The number of carboxylic acid groups (broad SMARTS) is 1. The minimum Gasteiger partial charge on any atom is -0.481 e. The molecule has 0 aromatic carbocycles. The third kappa shape index (κ3) is 2.30. The van der Waals surface area contributed by atoms with Crippen LogP contribution in [-0.2, 0) is 9.59 Å². The van der Waals surface area contributed by atoms with Crippen LogP contribution in [0.15, 0.2) is 0 Å². The number of hydrogen-bond acceptors (Lipinski definition) is 2. The van der Waals surface area contributed by atoms with Crippen LogP contribution >= 0.6 is 0 Å². The average molecular weight is 211 g/mol. The lowest BCUT2D eigenvalue weighted by Crippen LogP contribution is -2.27. The Kier molecular flexibility index (Phi) is 2.93. The van der Waals surface area contributed by atoms with Gasteiger partial charge in [0.15, 0.2) is 0 Å². The van der Waals surface area contributed by atoms with E-state index in [-0.39, 0.29) is 18.2 Å². The van der Waals surface area contributed by atoms with Gasteiger partial charge in [-0.3, -0.25) is 9.59 Å². The number of carbonyl (C=O) groups excluding carboxylic acids is 1. The van der Waals surface area contributed by atoms with Crippen molar-refractivity contribution in [2.75, 3.05) is 6.54 Å². The van der Waals surface area contributed by atoms with E-state index >= 15 is 0 Å². The van der Waals surface area contributed by atoms with Gasteiger partial charge in [-0.15, -0.1) is 0 Å². The molecule has 0 bridgehead atoms. The Morgan fingerprint density at radius 1 is 1.27 bits per heavy atom. The summed E-state index contributed by atoms with van der Waals surface area (Å²) in [6.45, 7) is 0.501. The van der Waals surface area contributed by atoms with Gasteiger partial charge < -0.3 is 10.4 Å². The highest BCUT2D eigenvalue weighted by atomic mass is 16.4. The molecular formula is C11H17NO3. The highest BCUT2D eigenvalue weighted by Crippen LogP contribution is 2.57. The minimum atomic E-state index is -0.799. The summed E-state index contributed by atoms with van der Waals surface area (Å²) < 4.78 is 0. The maximum Gasteiger partial charge on any atom is 0.303 e. The molecule has 2 atom stereocenters. The van der Waals surface area contributed by atoms with E-state index in [0.717, 1.165) is 0 Å². The molecule has 15 heavy (non-hydrogen) atoms. The van der Waals surface area contributed by atoms with Crippen molar-refractivity contribution in [3.05, 3.63) is 0 Å². The van der Waals surface area contributed by atoms with Gasteiger partial charge in [0.25, 0.3) is 0 Å². The van der Waals surface area contributed by atoms with Gasteiger partial charge >= 0.3 is 5.97 Å². The molecule has 0 spiro atoms. The van der Waals surface area contributed by atoms with Crippen molar-refractivity contribution in [2.45, 2.75) is 32.1 Å². The van der Waals surface area contributed by atoms with Gasteiger partial charge in [-0.25, -0.2) is 0 Å².